The van der Waals surface area contributed by atoms with E-state index in [-0.39, 0.29) is 11.3 Å². The smallest absolute Gasteiger partial charge is 0.269 e. The molecule has 0 radical (unpaired) electrons. The summed E-state index contributed by atoms with van der Waals surface area (Å²) in [5.41, 5.74) is 6.25. The Balaban J connectivity index is 2.22. The topological polar surface area (TPSA) is 73.3 Å². The van der Waals surface area contributed by atoms with E-state index in [9.17, 15) is 13.6 Å². The molecule has 2 N–H and O–H groups in total. The van der Waals surface area contributed by atoms with Crippen LogP contribution in [0.2, 0.25) is 0 Å². The highest BCUT2D eigenvalue weighted by Crippen LogP contribution is 2.29. The number of imidazole rings is 1. The maximum Gasteiger partial charge on any atom is 0.269 e. The zero-order valence-corrected chi connectivity index (χ0v) is 10.7. The van der Waals surface area contributed by atoms with Crippen LogP contribution in [-0.4, -0.2) is 20.5 Å². The lowest BCUT2D eigenvalue weighted by molar-refractivity contribution is 0.0993. The van der Waals surface area contributed by atoms with Crippen molar-refractivity contribution in [2.45, 2.75) is 6.43 Å². The van der Waals surface area contributed by atoms with Crippen molar-refractivity contribution in [3.05, 3.63) is 53.9 Å². The Hall–Kier alpha value is -2.83. The van der Waals surface area contributed by atoms with Crippen molar-refractivity contribution in [1.29, 1.82) is 0 Å². The molecule has 0 bridgehead atoms. The molecular weight excluding hydrogens is 278 g/mol. The van der Waals surface area contributed by atoms with Crippen LogP contribution in [0.15, 0.2) is 42.6 Å². The number of primary amides is 1. The number of alkyl halides is 2. The second-order valence-electron chi connectivity index (χ2n) is 4.38. The number of aromatic nitrogens is 3. The second-order valence-corrected chi connectivity index (χ2v) is 4.38. The number of nitrogens with zero attached hydrogens (tertiary/aromatic N) is 3. The van der Waals surface area contributed by atoms with E-state index in [2.05, 4.69) is 10.1 Å². The normalized spacial score (nSPS) is 11.2. The molecule has 0 unspecified atom stereocenters. The molecule has 3 aromatic rings. The first kappa shape index (κ1) is 13.2. The van der Waals surface area contributed by atoms with Crippen LogP contribution in [0.1, 0.15) is 22.5 Å². The van der Waals surface area contributed by atoms with Crippen LogP contribution in [0, 0.1) is 0 Å². The molecule has 0 spiro atoms. The van der Waals surface area contributed by atoms with Gasteiger partial charge in [0, 0.05) is 11.1 Å². The Bertz CT molecular complexity index is 829. The number of rotatable bonds is 3. The van der Waals surface area contributed by atoms with Gasteiger partial charge >= 0.3 is 0 Å². The van der Waals surface area contributed by atoms with Gasteiger partial charge in [0.2, 0.25) is 0 Å². The number of halogens is 2. The zero-order chi connectivity index (χ0) is 15.0. The minimum atomic E-state index is -2.61. The molecule has 0 atom stereocenters. The van der Waals surface area contributed by atoms with Crippen molar-refractivity contribution in [3.63, 3.8) is 0 Å². The number of amides is 1. The van der Waals surface area contributed by atoms with Crippen molar-refractivity contribution in [3.8, 4) is 11.3 Å². The lowest BCUT2D eigenvalue weighted by atomic mass is 10.0. The third kappa shape index (κ3) is 2.22. The Labute approximate surface area is 118 Å². The summed E-state index contributed by atoms with van der Waals surface area (Å²) in [7, 11) is 0. The first-order valence-corrected chi connectivity index (χ1v) is 6.10. The number of hydrogen-bond donors (Lipinski definition) is 1. The van der Waals surface area contributed by atoms with E-state index < -0.39 is 12.3 Å². The Morgan fingerprint density at radius 2 is 1.95 bits per heavy atom. The number of carbonyl (C=O) groups excluding carboxylic acids is 1. The van der Waals surface area contributed by atoms with Crippen molar-refractivity contribution in [2.24, 2.45) is 5.73 Å². The van der Waals surface area contributed by atoms with Crippen LogP contribution in [0.25, 0.3) is 16.9 Å². The predicted molar refractivity (Wildman–Crippen MR) is 71.9 cm³/mol. The monoisotopic (exact) mass is 288 g/mol. The number of nitrogens with two attached hydrogens (primary N) is 1. The lowest BCUT2D eigenvalue weighted by Gasteiger charge is -2.08. The van der Waals surface area contributed by atoms with Crippen molar-refractivity contribution in [2.75, 3.05) is 0 Å². The van der Waals surface area contributed by atoms with Crippen LogP contribution in [0.4, 0.5) is 8.78 Å². The van der Waals surface area contributed by atoms with Gasteiger partial charge in [-0.25, -0.2) is 18.3 Å². The van der Waals surface area contributed by atoms with Crippen molar-refractivity contribution < 1.29 is 13.6 Å². The molecule has 0 aliphatic carbocycles. The number of benzene rings is 1. The van der Waals surface area contributed by atoms with Gasteiger partial charge in [0.25, 0.3) is 12.3 Å². The molecule has 3 rings (SSSR count). The quantitative estimate of drug-likeness (QED) is 0.804. The highest BCUT2D eigenvalue weighted by molar-refractivity contribution is 5.91. The molecular formula is C14H10F2N4O. The van der Waals surface area contributed by atoms with Crippen LogP contribution >= 0.6 is 0 Å². The Morgan fingerprint density at radius 1 is 1.19 bits per heavy atom. The molecule has 0 aliphatic heterocycles. The molecule has 0 aliphatic rings. The molecule has 2 aromatic heterocycles. The van der Waals surface area contributed by atoms with Gasteiger partial charge in [0.05, 0.1) is 11.9 Å². The first-order valence-electron chi connectivity index (χ1n) is 6.10. The van der Waals surface area contributed by atoms with Crippen LogP contribution in [-0.2, 0) is 0 Å². The summed E-state index contributed by atoms with van der Waals surface area (Å²) >= 11 is 0. The van der Waals surface area contributed by atoms with Gasteiger partial charge in [-0.05, 0) is 12.1 Å². The average Bonchev–Trinajstić information content (AvgIpc) is 2.90. The van der Waals surface area contributed by atoms with Gasteiger partial charge in [0.15, 0.2) is 5.65 Å². The average molecular weight is 288 g/mol. The molecule has 106 valence electrons. The van der Waals surface area contributed by atoms with E-state index in [1.807, 2.05) is 0 Å². The van der Waals surface area contributed by atoms with E-state index in [4.69, 9.17) is 5.73 Å². The number of carbonyl (C=O) groups is 1. The fraction of sp³-hybridized carbons (Fsp3) is 0.0714. The van der Waals surface area contributed by atoms with Crippen LogP contribution in [0.3, 0.4) is 0 Å². The fourth-order valence-electron chi connectivity index (χ4n) is 2.11. The van der Waals surface area contributed by atoms with Gasteiger partial charge in [-0.2, -0.15) is 5.10 Å². The van der Waals surface area contributed by atoms with E-state index >= 15 is 0 Å². The van der Waals surface area contributed by atoms with Crippen LogP contribution in [0.5, 0.6) is 0 Å². The maximum atomic E-state index is 13.1. The first-order chi connectivity index (χ1) is 10.1. The van der Waals surface area contributed by atoms with Gasteiger partial charge in [-0.1, -0.05) is 24.3 Å². The van der Waals surface area contributed by atoms with Crippen molar-refractivity contribution in [1.82, 2.24) is 14.6 Å². The lowest BCUT2D eigenvalue weighted by Crippen LogP contribution is -2.15. The van der Waals surface area contributed by atoms with E-state index in [0.29, 0.717) is 16.9 Å². The highest BCUT2D eigenvalue weighted by atomic mass is 19.3. The van der Waals surface area contributed by atoms with Gasteiger partial charge in [0.1, 0.15) is 5.69 Å². The molecule has 2 heterocycles. The molecule has 5 nitrogen and oxygen atoms in total. The molecule has 21 heavy (non-hydrogen) atoms. The van der Waals surface area contributed by atoms with Gasteiger partial charge < -0.3 is 5.73 Å². The standard InChI is InChI=1S/C14H10F2N4O/c15-13(16)9-4-2-1-3-8(9)10-5-6-12-18-7-11(14(17)21)20(12)19-10/h1-7,13H,(H2,17,21). The Kier molecular flexibility index (Phi) is 3.09. The summed E-state index contributed by atoms with van der Waals surface area (Å²) < 4.78 is 27.4. The number of fused-ring (bicyclic) bond motifs is 1. The maximum absolute atomic E-state index is 13.1. The zero-order valence-electron chi connectivity index (χ0n) is 10.7. The molecule has 0 saturated carbocycles. The summed E-state index contributed by atoms with van der Waals surface area (Å²) in [4.78, 5) is 15.3. The molecule has 1 aromatic carbocycles. The molecule has 7 heteroatoms. The highest BCUT2D eigenvalue weighted by Gasteiger charge is 2.16. The minimum Gasteiger partial charge on any atom is -0.364 e. The molecule has 0 saturated heterocycles. The van der Waals surface area contributed by atoms with E-state index in [1.165, 1.54) is 22.8 Å². The summed E-state index contributed by atoms with van der Waals surface area (Å²) in [6.45, 7) is 0. The summed E-state index contributed by atoms with van der Waals surface area (Å²) in [5.74, 6) is -0.686. The van der Waals surface area contributed by atoms with Crippen molar-refractivity contribution >= 4 is 11.6 Å². The SMILES string of the molecule is NC(=O)c1cnc2ccc(-c3ccccc3C(F)F)nn12. The van der Waals surface area contributed by atoms with Gasteiger partial charge in [-0.3, -0.25) is 4.79 Å². The third-order valence-corrected chi connectivity index (χ3v) is 3.09. The van der Waals surface area contributed by atoms with Gasteiger partial charge in [-0.15, -0.1) is 0 Å². The third-order valence-electron chi connectivity index (χ3n) is 3.09. The van der Waals surface area contributed by atoms with Crippen LogP contribution < -0.4 is 5.73 Å². The largest absolute Gasteiger partial charge is 0.364 e. The molecule has 0 fully saturated rings. The fourth-order valence-corrected chi connectivity index (χ4v) is 2.11. The van der Waals surface area contributed by atoms with E-state index in [1.54, 1.807) is 24.3 Å². The minimum absolute atomic E-state index is 0.0985. The van der Waals surface area contributed by atoms with E-state index in [0.717, 1.165) is 0 Å². The predicted octanol–water partition coefficient (Wildman–Crippen LogP) is 2.43. The summed E-state index contributed by atoms with van der Waals surface area (Å²) in [5, 5.41) is 4.19. The summed E-state index contributed by atoms with van der Waals surface area (Å²) in [6, 6.07) is 9.25. The Morgan fingerprint density at radius 3 is 2.67 bits per heavy atom. The second kappa shape index (κ2) is 4.93. The molecule has 1 amide bonds. The summed E-state index contributed by atoms with van der Waals surface area (Å²) in [6.07, 6.45) is -1.31. The number of hydrogen-bond acceptors (Lipinski definition) is 3.